The summed E-state index contributed by atoms with van der Waals surface area (Å²) in [6.07, 6.45) is 5.57. The van der Waals surface area contributed by atoms with Crippen LogP contribution in [0.4, 0.5) is 0 Å². The molecule has 0 saturated carbocycles. The molecule has 104 valence electrons. The maximum Gasteiger partial charge on any atom is 0.239 e. The molecule has 1 heterocycles. The highest BCUT2D eigenvalue weighted by Crippen LogP contribution is 2.22. The first kappa shape index (κ1) is 14.1. The summed E-state index contributed by atoms with van der Waals surface area (Å²) in [7, 11) is 0. The number of hydrogen-bond acceptors (Lipinski definition) is 2. The largest absolute Gasteiger partial charge is 0.338 e. The summed E-state index contributed by atoms with van der Waals surface area (Å²) in [5.74, 6) is 0.113. The zero-order valence-electron chi connectivity index (χ0n) is 11.7. The van der Waals surface area contributed by atoms with Crippen LogP contribution in [0.25, 0.3) is 0 Å². The normalized spacial score (nSPS) is 20.5. The lowest BCUT2D eigenvalue weighted by atomic mass is 10.0. The number of rotatable bonds is 5. The molecule has 1 aliphatic heterocycles. The predicted molar refractivity (Wildman–Crippen MR) is 77.8 cm³/mol. The monoisotopic (exact) mass is 260 g/mol. The minimum absolute atomic E-state index is 0.113. The Balaban J connectivity index is 1.80. The van der Waals surface area contributed by atoms with E-state index in [-0.39, 0.29) is 11.9 Å². The first-order valence-corrected chi connectivity index (χ1v) is 7.28. The maximum atomic E-state index is 12.0. The molecule has 0 unspecified atom stereocenters. The first-order valence-electron chi connectivity index (χ1n) is 7.28. The Morgan fingerprint density at radius 3 is 2.84 bits per heavy atom. The maximum absolute atomic E-state index is 12.0. The van der Waals surface area contributed by atoms with Crippen molar-refractivity contribution in [1.82, 2.24) is 4.90 Å². The van der Waals surface area contributed by atoms with E-state index in [4.69, 9.17) is 5.73 Å². The van der Waals surface area contributed by atoms with Crippen LogP contribution in [0.5, 0.6) is 0 Å². The lowest BCUT2D eigenvalue weighted by Gasteiger charge is -2.26. The van der Waals surface area contributed by atoms with Crippen molar-refractivity contribution in [3.05, 3.63) is 35.9 Å². The third-order valence-electron chi connectivity index (χ3n) is 3.90. The lowest BCUT2D eigenvalue weighted by molar-refractivity contribution is -0.133. The van der Waals surface area contributed by atoms with Crippen LogP contribution in [0, 0.1) is 0 Å². The number of carbonyl (C=O) groups is 1. The van der Waals surface area contributed by atoms with Crippen molar-refractivity contribution in [2.45, 2.75) is 51.1 Å². The Bertz CT molecular complexity index is 402. The molecule has 1 aromatic rings. The number of nitrogens with zero attached hydrogens (tertiary/aromatic N) is 1. The molecule has 3 nitrogen and oxygen atoms in total. The molecule has 1 amide bonds. The van der Waals surface area contributed by atoms with Gasteiger partial charge in [0.25, 0.3) is 0 Å². The van der Waals surface area contributed by atoms with E-state index in [0.29, 0.717) is 6.04 Å². The molecule has 0 aromatic heterocycles. The Kier molecular flexibility index (Phi) is 4.97. The van der Waals surface area contributed by atoms with Gasteiger partial charge in [0.1, 0.15) is 0 Å². The third kappa shape index (κ3) is 3.80. The Labute approximate surface area is 115 Å². The zero-order valence-corrected chi connectivity index (χ0v) is 11.7. The fourth-order valence-corrected chi connectivity index (χ4v) is 2.87. The molecule has 1 saturated heterocycles. The average Bonchev–Trinajstić information content (AvgIpc) is 2.87. The molecule has 1 fully saturated rings. The summed E-state index contributed by atoms with van der Waals surface area (Å²) in [6.45, 7) is 2.66. The molecule has 1 aromatic carbocycles. The fraction of sp³-hybridized carbons (Fsp3) is 0.562. The quantitative estimate of drug-likeness (QED) is 0.883. The van der Waals surface area contributed by atoms with Gasteiger partial charge in [0.15, 0.2) is 0 Å². The van der Waals surface area contributed by atoms with Crippen LogP contribution in [0.3, 0.4) is 0 Å². The summed E-state index contributed by atoms with van der Waals surface area (Å²) in [6, 6.07) is 10.6. The molecule has 0 spiro atoms. The number of hydrogen-bond donors (Lipinski definition) is 1. The van der Waals surface area contributed by atoms with Crippen LogP contribution < -0.4 is 5.73 Å². The van der Waals surface area contributed by atoms with Gasteiger partial charge in [-0.2, -0.15) is 0 Å². The first-order chi connectivity index (χ1) is 9.18. The van der Waals surface area contributed by atoms with Gasteiger partial charge in [0, 0.05) is 12.6 Å². The highest BCUT2D eigenvalue weighted by Gasteiger charge is 2.29. The van der Waals surface area contributed by atoms with Gasteiger partial charge in [-0.05, 0) is 44.6 Å². The molecule has 2 atom stereocenters. The molecule has 19 heavy (non-hydrogen) atoms. The van der Waals surface area contributed by atoms with E-state index >= 15 is 0 Å². The molecule has 1 aliphatic rings. The molecule has 0 bridgehead atoms. The van der Waals surface area contributed by atoms with E-state index in [0.717, 1.165) is 38.6 Å². The van der Waals surface area contributed by atoms with Crippen LogP contribution in [0.2, 0.25) is 0 Å². The predicted octanol–water partition coefficient (Wildman–Crippen LogP) is 2.35. The minimum atomic E-state index is -0.366. The van der Waals surface area contributed by atoms with Gasteiger partial charge in [-0.1, -0.05) is 30.3 Å². The topological polar surface area (TPSA) is 46.3 Å². The molecular formula is C16H24N2O. The summed E-state index contributed by atoms with van der Waals surface area (Å²) < 4.78 is 0. The highest BCUT2D eigenvalue weighted by atomic mass is 16.2. The van der Waals surface area contributed by atoms with Crippen molar-refractivity contribution in [2.75, 3.05) is 6.54 Å². The Morgan fingerprint density at radius 2 is 2.16 bits per heavy atom. The zero-order chi connectivity index (χ0) is 13.7. The van der Waals surface area contributed by atoms with Crippen molar-refractivity contribution in [1.29, 1.82) is 0 Å². The van der Waals surface area contributed by atoms with Crippen LogP contribution in [0.1, 0.15) is 38.2 Å². The summed E-state index contributed by atoms with van der Waals surface area (Å²) in [4.78, 5) is 14.0. The molecule has 3 heteroatoms. The van der Waals surface area contributed by atoms with E-state index < -0.39 is 0 Å². The van der Waals surface area contributed by atoms with Gasteiger partial charge >= 0.3 is 0 Å². The second-order valence-electron chi connectivity index (χ2n) is 5.49. The van der Waals surface area contributed by atoms with Crippen molar-refractivity contribution >= 4 is 5.91 Å². The van der Waals surface area contributed by atoms with Gasteiger partial charge in [0.05, 0.1) is 6.04 Å². The van der Waals surface area contributed by atoms with Crippen molar-refractivity contribution < 1.29 is 4.79 Å². The van der Waals surface area contributed by atoms with Crippen LogP contribution in [-0.2, 0) is 11.2 Å². The summed E-state index contributed by atoms with van der Waals surface area (Å²) >= 11 is 0. The molecule has 2 N–H and O–H groups in total. The standard InChI is InChI=1S/C16H24N2O/c1-13(17)16(19)18-12-6-11-15(18)10-5-9-14-7-3-2-4-8-14/h2-4,7-8,13,15H,5-6,9-12,17H2,1H3/t13-,15+/m1/s1. The van der Waals surface area contributed by atoms with Crippen molar-refractivity contribution in [3.8, 4) is 0 Å². The van der Waals surface area contributed by atoms with E-state index in [1.807, 2.05) is 11.0 Å². The fourth-order valence-electron chi connectivity index (χ4n) is 2.87. The van der Waals surface area contributed by atoms with Crippen LogP contribution in [0.15, 0.2) is 30.3 Å². The van der Waals surface area contributed by atoms with Gasteiger partial charge in [-0.25, -0.2) is 0 Å². The number of aryl methyl sites for hydroxylation is 1. The van der Waals surface area contributed by atoms with E-state index in [1.54, 1.807) is 6.92 Å². The van der Waals surface area contributed by atoms with Crippen molar-refractivity contribution in [3.63, 3.8) is 0 Å². The Morgan fingerprint density at radius 1 is 1.42 bits per heavy atom. The average molecular weight is 260 g/mol. The molecular weight excluding hydrogens is 236 g/mol. The van der Waals surface area contributed by atoms with Crippen LogP contribution in [-0.4, -0.2) is 29.4 Å². The minimum Gasteiger partial charge on any atom is -0.338 e. The highest BCUT2D eigenvalue weighted by molar-refractivity contribution is 5.81. The second kappa shape index (κ2) is 6.71. The molecule has 0 radical (unpaired) electrons. The number of nitrogens with two attached hydrogens (primary N) is 1. The molecule has 2 rings (SSSR count). The van der Waals surface area contributed by atoms with Gasteiger partial charge < -0.3 is 10.6 Å². The van der Waals surface area contributed by atoms with Gasteiger partial charge in [-0.15, -0.1) is 0 Å². The van der Waals surface area contributed by atoms with Gasteiger partial charge in [0.2, 0.25) is 5.91 Å². The third-order valence-corrected chi connectivity index (χ3v) is 3.90. The second-order valence-corrected chi connectivity index (χ2v) is 5.49. The number of amides is 1. The lowest BCUT2D eigenvalue weighted by Crippen LogP contribution is -2.44. The van der Waals surface area contributed by atoms with E-state index in [2.05, 4.69) is 24.3 Å². The van der Waals surface area contributed by atoms with E-state index in [9.17, 15) is 4.79 Å². The van der Waals surface area contributed by atoms with Crippen LogP contribution >= 0.6 is 0 Å². The SMILES string of the molecule is C[C@@H](N)C(=O)N1CCC[C@@H]1CCCc1ccccc1. The summed E-state index contributed by atoms with van der Waals surface area (Å²) in [5.41, 5.74) is 7.09. The van der Waals surface area contributed by atoms with Crippen molar-refractivity contribution in [2.24, 2.45) is 5.73 Å². The van der Waals surface area contributed by atoms with Gasteiger partial charge in [-0.3, -0.25) is 4.79 Å². The van der Waals surface area contributed by atoms with E-state index in [1.165, 1.54) is 5.56 Å². The number of carbonyl (C=O) groups excluding carboxylic acids is 1. The number of likely N-dealkylation sites (tertiary alicyclic amines) is 1. The summed E-state index contributed by atoms with van der Waals surface area (Å²) in [5, 5.41) is 0. The number of benzene rings is 1. The molecule has 0 aliphatic carbocycles. The smallest absolute Gasteiger partial charge is 0.239 e. The Hall–Kier alpha value is -1.35.